The average Bonchev–Trinajstić information content (AvgIpc) is 2.44. The highest BCUT2D eigenvalue weighted by molar-refractivity contribution is 6.00. The van der Waals surface area contributed by atoms with Crippen LogP contribution in [0.25, 0.3) is 0 Å². The molecule has 2 heteroatoms. The molecule has 1 aromatic rings. The standard InChI is InChI=1S/C19H24O2/c1-5-18(3)7-6-8-19(4)14-10-15(20)12(2)9-13(14)16(21)11-17(18)19/h5,9-10,17,20H,1,6-8,11H2,2-4H3/t17?,18-,19-/m1/s1. The summed E-state index contributed by atoms with van der Waals surface area (Å²) < 4.78 is 0. The van der Waals surface area contributed by atoms with E-state index in [0.29, 0.717) is 12.2 Å². The van der Waals surface area contributed by atoms with Gasteiger partial charge in [0.25, 0.3) is 0 Å². The van der Waals surface area contributed by atoms with Gasteiger partial charge in [0.1, 0.15) is 5.75 Å². The van der Waals surface area contributed by atoms with Crippen molar-refractivity contribution in [2.24, 2.45) is 11.3 Å². The second kappa shape index (κ2) is 4.46. The molecule has 3 atom stereocenters. The van der Waals surface area contributed by atoms with Crippen LogP contribution in [0.15, 0.2) is 24.8 Å². The van der Waals surface area contributed by atoms with Gasteiger partial charge in [0.05, 0.1) is 0 Å². The van der Waals surface area contributed by atoms with E-state index in [1.54, 1.807) is 0 Å². The molecule has 2 aliphatic rings. The Balaban J connectivity index is 2.23. The van der Waals surface area contributed by atoms with Gasteiger partial charge in [-0.05, 0) is 59.8 Å². The SMILES string of the molecule is C=C[C@]1(C)CCC[C@]2(C)c3cc(O)c(C)cc3C(=O)CC12. The highest BCUT2D eigenvalue weighted by Gasteiger charge is 2.52. The molecule has 0 heterocycles. The van der Waals surface area contributed by atoms with Crippen molar-refractivity contribution >= 4 is 5.78 Å². The van der Waals surface area contributed by atoms with E-state index in [1.807, 2.05) is 25.1 Å². The molecule has 0 aromatic heterocycles. The molecule has 112 valence electrons. The monoisotopic (exact) mass is 284 g/mol. The van der Waals surface area contributed by atoms with E-state index >= 15 is 0 Å². The third kappa shape index (κ3) is 1.88. The Morgan fingerprint density at radius 1 is 1.33 bits per heavy atom. The van der Waals surface area contributed by atoms with Gasteiger partial charge in [-0.15, -0.1) is 6.58 Å². The Bertz CT molecular complexity index is 631. The third-order valence-corrected chi connectivity index (χ3v) is 6.08. The van der Waals surface area contributed by atoms with Gasteiger partial charge in [-0.1, -0.05) is 26.3 Å². The van der Waals surface area contributed by atoms with Crippen LogP contribution >= 0.6 is 0 Å². The minimum Gasteiger partial charge on any atom is -0.508 e. The number of aryl methyl sites for hydroxylation is 1. The summed E-state index contributed by atoms with van der Waals surface area (Å²) >= 11 is 0. The Morgan fingerprint density at radius 2 is 2.05 bits per heavy atom. The van der Waals surface area contributed by atoms with Gasteiger partial charge in [0.15, 0.2) is 5.78 Å². The van der Waals surface area contributed by atoms with Crippen LogP contribution in [0.1, 0.15) is 61.0 Å². The van der Waals surface area contributed by atoms with Crippen LogP contribution in [-0.2, 0) is 5.41 Å². The van der Waals surface area contributed by atoms with Gasteiger partial charge in [0.2, 0.25) is 0 Å². The van der Waals surface area contributed by atoms with Crippen molar-refractivity contribution in [1.29, 1.82) is 0 Å². The minimum absolute atomic E-state index is 0.000848. The summed E-state index contributed by atoms with van der Waals surface area (Å²) in [5, 5.41) is 10.1. The fourth-order valence-electron chi connectivity index (χ4n) is 4.63. The number of ketones is 1. The van der Waals surface area contributed by atoms with E-state index in [-0.39, 0.29) is 22.5 Å². The summed E-state index contributed by atoms with van der Waals surface area (Å²) in [6.45, 7) is 10.4. The predicted octanol–water partition coefficient (Wildman–Crippen LogP) is 4.54. The number of carbonyl (C=O) groups is 1. The fraction of sp³-hybridized carbons (Fsp3) is 0.526. The Labute approximate surface area is 126 Å². The number of Topliss-reactive ketones (excluding diaryl/α,β-unsaturated/α-hetero) is 1. The molecule has 0 bridgehead atoms. The highest BCUT2D eigenvalue weighted by atomic mass is 16.3. The second-order valence-corrected chi connectivity index (χ2v) is 7.35. The number of hydrogen-bond acceptors (Lipinski definition) is 2. The molecule has 1 aromatic carbocycles. The summed E-state index contributed by atoms with van der Waals surface area (Å²) in [5.74, 6) is 0.790. The lowest BCUT2D eigenvalue weighted by atomic mass is 9.49. The van der Waals surface area contributed by atoms with Crippen LogP contribution < -0.4 is 0 Å². The number of fused-ring (bicyclic) bond motifs is 3. The molecular weight excluding hydrogens is 260 g/mol. The average molecular weight is 284 g/mol. The molecule has 0 spiro atoms. The Kier molecular flexibility index (Phi) is 3.05. The molecule has 3 rings (SSSR count). The van der Waals surface area contributed by atoms with Crippen molar-refractivity contribution < 1.29 is 9.90 Å². The van der Waals surface area contributed by atoms with E-state index in [4.69, 9.17) is 0 Å². The second-order valence-electron chi connectivity index (χ2n) is 7.35. The molecule has 21 heavy (non-hydrogen) atoms. The van der Waals surface area contributed by atoms with Gasteiger partial charge in [-0.3, -0.25) is 4.79 Å². The molecule has 2 aliphatic carbocycles. The Hall–Kier alpha value is -1.57. The lowest BCUT2D eigenvalue weighted by Crippen LogP contribution is -2.49. The quantitative estimate of drug-likeness (QED) is 0.769. The normalized spacial score (nSPS) is 35.0. The lowest BCUT2D eigenvalue weighted by Gasteiger charge is -2.54. The number of phenols is 1. The zero-order chi connectivity index (χ0) is 15.4. The van der Waals surface area contributed by atoms with Gasteiger partial charge >= 0.3 is 0 Å². The van der Waals surface area contributed by atoms with E-state index < -0.39 is 0 Å². The van der Waals surface area contributed by atoms with Crippen molar-refractivity contribution in [3.05, 3.63) is 41.5 Å². The molecule has 0 aliphatic heterocycles. The van der Waals surface area contributed by atoms with Crippen LogP contribution in [0.3, 0.4) is 0 Å². The number of allylic oxidation sites excluding steroid dienone is 1. The summed E-state index contributed by atoms with van der Waals surface area (Å²) in [4.78, 5) is 12.6. The van der Waals surface area contributed by atoms with E-state index in [9.17, 15) is 9.90 Å². The largest absolute Gasteiger partial charge is 0.508 e. The summed E-state index contributed by atoms with van der Waals surface area (Å²) in [7, 11) is 0. The Morgan fingerprint density at radius 3 is 2.71 bits per heavy atom. The first-order chi connectivity index (χ1) is 9.82. The molecule has 1 saturated carbocycles. The highest BCUT2D eigenvalue weighted by Crippen LogP contribution is 2.58. The van der Waals surface area contributed by atoms with Crippen LogP contribution in [0, 0.1) is 18.3 Å². The molecule has 2 nitrogen and oxygen atoms in total. The van der Waals surface area contributed by atoms with E-state index in [1.165, 1.54) is 0 Å². The van der Waals surface area contributed by atoms with Crippen molar-refractivity contribution in [2.45, 2.75) is 51.9 Å². The number of aromatic hydroxyl groups is 1. The predicted molar refractivity (Wildman–Crippen MR) is 84.8 cm³/mol. The topological polar surface area (TPSA) is 37.3 Å². The third-order valence-electron chi connectivity index (χ3n) is 6.08. The zero-order valence-electron chi connectivity index (χ0n) is 13.2. The van der Waals surface area contributed by atoms with Gasteiger partial charge in [-0.25, -0.2) is 0 Å². The summed E-state index contributed by atoms with van der Waals surface area (Å²) in [6, 6.07) is 3.71. The first-order valence-corrected chi connectivity index (χ1v) is 7.83. The lowest BCUT2D eigenvalue weighted by molar-refractivity contribution is 0.0523. The molecule has 0 saturated heterocycles. The number of carbonyl (C=O) groups excluding carboxylic acids is 1. The summed E-state index contributed by atoms with van der Waals surface area (Å²) in [5.41, 5.74) is 2.60. The smallest absolute Gasteiger partial charge is 0.163 e. The first kappa shape index (κ1) is 14.4. The van der Waals surface area contributed by atoms with Crippen molar-refractivity contribution in [3.63, 3.8) is 0 Å². The van der Waals surface area contributed by atoms with E-state index in [0.717, 1.165) is 36.0 Å². The molecule has 0 amide bonds. The molecule has 0 radical (unpaired) electrons. The van der Waals surface area contributed by atoms with Crippen molar-refractivity contribution in [3.8, 4) is 5.75 Å². The summed E-state index contributed by atoms with van der Waals surface area (Å²) in [6.07, 6.45) is 5.94. The van der Waals surface area contributed by atoms with Crippen LogP contribution in [0.4, 0.5) is 0 Å². The van der Waals surface area contributed by atoms with Crippen LogP contribution in [0.5, 0.6) is 5.75 Å². The van der Waals surface area contributed by atoms with Crippen LogP contribution in [0.2, 0.25) is 0 Å². The van der Waals surface area contributed by atoms with Gasteiger partial charge in [-0.2, -0.15) is 0 Å². The molecular formula is C19H24O2. The number of rotatable bonds is 1. The van der Waals surface area contributed by atoms with Gasteiger partial charge in [0, 0.05) is 12.0 Å². The molecule has 1 fully saturated rings. The maximum Gasteiger partial charge on any atom is 0.163 e. The van der Waals surface area contributed by atoms with Crippen molar-refractivity contribution in [1.82, 2.24) is 0 Å². The maximum absolute atomic E-state index is 12.6. The fourth-order valence-corrected chi connectivity index (χ4v) is 4.63. The van der Waals surface area contributed by atoms with Crippen molar-refractivity contribution in [2.75, 3.05) is 0 Å². The number of phenolic OH excluding ortho intramolecular Hbond substituents is 1. The molecule has 1 unspecified atom stereocenters. The van der Waals surface area contributed by atoms with Gasteiger partial charge < -0.3 is 5.11 Å². The minimum atomic E-state index is -0.0460. The first-order valence-electron chi connectivity index (χ1n) is 7.83. The van der Waals surface area contributed by atoms with Crippen LogP contribution in [-0.4, -0.2) is 10.9 Å². The molecule has 1 N–H and O–H groups in total. The number of hydrogen-bond donors (Lipinski definition) is 1. The number of benzene rings is 1. The zero-order valence-corrected chi connectivity index (χ0v) is 13.2. The van der Waals surface area contributed by atoms with E-state index in [2.05, 4.69) is 20.4 Å². The maximum atomic E-state index is 12.6.